The third kappa shape index (κ3) is 2.21. The van der Waals surface area contributed by atoms with E-state index in [0.717, 1.165) is 43.8 Å². The molecule has 5 rings (SSSR count). The lowest BCUT2D eigenvalue weighted by molar-refractivity contribution is -0.250. The molecule has 1 spiro atoms. The van der Waals surface area contributed by atoms with Crippen molar-refractivity contribution in [2.45, 2.75) is 89.9 Å². The largest absolute Gasteiger partial charge is 0.393 e. The summed E-state index contributed by atoms with van der Waals surface area (Å²) in [6, 6.07) is 0. The monoisotopic (exact) mass is 348 g/mol. The van der Waals surface area contributed by atoms with Gasteiger partial charge >= 0.3 is 0 Å². The molecule has 142 valence electrons. The minimum absolute atomic E-state index is 0.0639. The van der Waals surface area contributed by atoms with Gasteiger partial charge in [-0.15, -0.1) is 0 Å². The maximum absolute atomic E-state index is 10.6. The van der Waals surface area contributed by atoms with Crippen molar-refractivity contribution in [1.29, 1.82) is 0 Å². The predicted molar refractivity (Wildman–Crippen MR) is 97.0 cm³/mol. The molecule has 1 aliphatic heterocycles. The lowest BCUT2D eigenvalue weighted by Crippen LogP contribution is -2.57. The molecule has 3 unspecified atom stereocenters. The van der Waals surface area contributed by atoms with Crippen LogP contribution in [-0.4, -0.2) is 30.2 Å². The number of ether oxygens (including phenoxy) is 2. The minimum Gasteiger partial charge on any atom is -0.393 e. The summed E-state index contributed by atoms with van der Waals surface area (Å²) in [6.45, 7) is 6.54. The maximum atomic E-state index is 10.6. The summed E-state index contributed by atoms with van der Waals surface area (Å²) in [5, 5.41) is 10.6. The Labute approximate surface area is 152 Å². The Balaban J connectivity index is 1.49. The first kappa shape index (κ1) is 17.0. The minimum atomic E-state index is -0.272. The van der Waals surface area contributed by atoms with Gasteiger partial charge in [-0.1, -0.05) is 20.3 Å². The molecule has 1 heterocycles. The van der Waals surface area contributed by atoms with Crippen LogP contribution in [0.3, 0.4) is 0 Å². The van der Waals surface area contributed by atoms with E-state index in [2.05, 4.69) is 13.8 Å². The zero-order chi connectivity index (χ0) is 17.3. The number of hydrogen-bond donors (Lipinski definition) is 1. The van der Waals surface area contributed by atoms with Gasteiger partial charge in [-0.2, -0.15) is 0 Å². The van der Waals surface area contributed by atoms with E-state index in [4.69, 9.17) is 9.47 Å². The van der Waals surface area contributed by atoms with Gasteiger partial charge in [0.1, 0.15) is 0 Å². The molecule has 0 aromatic heterocycles. The number of aliphatic hydroxyl groups is 1. The van der Waals surface area contributed by atoms with E-state index in [1.165, 1.54) is 51.4 Å². The summed E-state index contributed by atoms with van der Waals surface area (Å²) in [7, 11) is 0. The Morgan fingerprint density at radius 3 is 2.28 bits per heavy atom. The highest BCUT2D eigenvalue weighted by Crippen LogP contribution is 2.67. The molecule has 5 aliphatic rings. The molecule has 4 aliphatic carbocycles. The van der Waals surface area contributed by atoms with Crippen LogP contribution in [0.5, 0.6) is 0 Å². The van der Waals surface area contributed by atoms with E-state index in [1.54, 1.807) is 0 Å². The molecule has 0 radical (unpaired) electrons. The van der Waals surface area contributed by atoms with Crippen molar-refractivity contribution in [1.82, 2.24) is 0 Å². The van der Waals surface area contributed by atoms with Crippen LogP contribution in [0.1, 0.15) is 78.1 Å². The summed E-state index contributed by atoms with van der Waals surface area (Å²) in [5.41, 5.74) is 0.547. The second kappa shape index (κ2) is 5.69. The predicted octanol–water partition coefficient (Wildman–Crippen LogP) is 4.52. The fourth-order valence-electron chi connectivity index (χ4n) is 8.38. The van der Waals surface area contributed by atoms with E-state index in [0.29, 0.717) is 11.3 Å². The number of hydrogen-bond acceptors (Lipinski definition) is 3. The van der Waals surface area contributed by atoms with Gasteiger partial charge in [0.05, 0.1) is 19.3 Å². The zero-order valence-electron chi connectivity index (χ0n) is 16.1. The lowest BCUT2D eigenvalue weighted by atomic mass is 9.46. The molecule has 3 heteroatoms. The average molecular weight is 349 g/mol. The smallest absolute Gasteiger partial charge is 0.171 e. The topological polar surface area (TPSA) is 38.7 Å². The van der Waals surface area contributed by atoms with Crippen LogP contribution in [-0.2, 0) is 9.47 Å². The Kier molecular flexibility index (Phi) is 3.87. The molecule has 1 N–H and O–H groups in total. The molecule has 1 saturated heterocycles. The maximum Gasteiger partial charge on any atom is 0.171 e. The SMILES string of the molecule is C[C@]12CCCCC3(OCCO3)C1CC[C@@H]1C2CC[C@]2(C)C(O)CC[C@@H]12. The number of aliphatic hydroxyl groups excluding tert-OH is 1. The Hall–Kier alpha value is -0.120. The van der Waals surface area contributed by atoms with E-state index >= 15 is 0 Å². The van der Waals surface area contributed by atoms with Gasteiger partial charge in [0.15, 0.2) is 5.79 Å². The molecule has 7 atom stereocenters. The first-order valence-electron chi connectivity index (χ1n) is 11.0. The summed E-state index contributed by atoms with van der Waals surface area (Å²) in [4.78, 5) is 0. The highest BCUT2D eigenvalue weighted by Gasteiger charge is 2.63. The van der Waals surface area contributed by atoms with Crippen LogP contribution in [0.25, 0.3) is 0 Å². The van der Waals surface area contributed by atoms with Crippen LogP contribution in [0.4, 0.5) is 0 Å². The van der Waals surface area contributed by atoms with Crippen molar-refractivity contribution in [3.05, 3.63) is 0 Å². The van der Waals surface area contributed by atoms with E-state index in [-0.39, 0.29) is 17.3 Å². The fraction of sp³-hybridized carbons (Fsp3) is 1.00. The molecule has 0 aromatic carbocycles. The highest BCUT2D eigenvalue weighted by atomic mass is 16.7. The van der Waals surface area contributed by atoms with E-state index in [1.807, 2.05) is 0 Å². The Morgan fingerprint density at radius 1 is 0.760 bits per heavy atom. The molecular formula is C22H36O3. The second-order valence-electron chi connectivity index (χ2n) is 10.4. The first-order valence-corrected chi connectivity index (χ1v) is 11.0. The van der Waals surface area contributed by atoms with Gasteiger partial charge in [-0.3, -0.25) is 0 Å². The number of rotatable bonds is 0. The van der Waals surface area contributed by atoms with Gasteiger partial charge < -0.3 is 14.6 Å². The van der Waals surface area contributed by atoms with Crippen molar-refractivity contribution in [3.8, 4) is 0 Å². The normalized spacial score (nSPS) is 54.6. The van der Waals surface area contributed by atoms with Crippen LogP contribution in [0.15, 0.2) is 0 Å². The highest BCUT2D eigenvalue weighted by molar-refractivity contribution is 5.11. The Morgan fingerprint density at radius 2 is 1.48 bits per heavy atom. The summed E-state index contributed by atoms with van der Waals surface area (Å²) in [6.07, 6.45) is 12.4. The Bertz CT molecular complexity index is 527. The molecule has 5 fully saturated rings. The van der Waals surface area contributed by atoms with Gasteiger partial charge in [-0.25, -0.2) is 0 Å². The van der Waals surface area contributed by atoms with Crippen LogP contribution in [0, 0.1) is 34.5 Å². The second-order valence-corrected chi connectivity index (χ2v) is 10.4. The molecule has 25 heavy (non-hydrogen) atoms. The van der Waals surface area contributed by atoms with Gasteiger partial charge in [0, 0.05) is 12.3 Å². The molecule has 0 amide bonds. The molecular weight excluding hydrogens is 312 g/mol. The van der Waals surface area contributed by atoms with Gasteiger partial charge in [0.2, 0.25) is 0 Å². The molecule has 0 bridgehead atoms. The summed E-state index contributed by atoms with van der Waals surface area (Å²) < 4.78 is 12.7. The third-order valence-corrected chi connectivity index (χ3v) is 9.62. The quantitative estimate of drug-likeness (QED) is 0.699. The van der Waals surface area contributed by atoms with Crippen LogP contribution < -0.4 is 0 Å². The fourth-order valence-corrected chi connectivity index (χ4v) is 8.38. The van der Waals surface area contributed by atoms with E-state index in [9.17, 15) is 5.11 Å². The molecule has 4 saturated carbocycles. The molecule has 0 aromatic rings. The zero-order valence-corrected chi connectivity index (χ0v) is 16.1. The standard InChI is InChI=1S/C22H36O3/c1-20-10-3-4-11-22(24-13-14-25-22)18(20)7-5-15-16-6-8-19(23)21(16,2)12-9-17(15)20/h15-19,23H,3-14H2,1-2H3/t15-,16-,17?,18?,19?,20+,21-/m0/s1. The number of fused-ring (bicyclic) bond motifs is 6. The van der Waals surface area contributed by atoms with Crippen LogP contribution in [0.2, 0.25) is 0 Å². The van der Waals surface area contributed by atoms with Crippen molar-refractivity contribution in [2.75, 3.05) is 13.2 Å². The summed E-state index contributed by atoms with van der Waals surface area (Å²) in [5.74, 6) is 2.66. The van der Waals surface area contributed by atoms with Crippen molar-refractivity contribution in [2.24, 2.45) is 34.5 Å². The van der Waals surface area contributed by atoms with Gasteiger partial charge in [-0.05, 0) is 80.0 Å². The van der Waals surface area contributed by atoms with Crippen molar-refractivity contribution in [3.63, 3.8) is 0 Å². The lowest BCUT2D eigenvalue weighted by Gasteiger charge is -2.60. The third-order valence-electron chi connectivity index (χ3n) is 9.62. The van der Waals surface area contributed by atoms with Crippen molar-refractivity contribution >= 4 is 0 Å². The summed E-state index contributed by atoms with van der Waals surface area (Å²) >= 11 is 0. The molecule has 3 nitrogen and oxygen atoms in total. The first-order chi connectivity index (χ1) is 12.0. The van der Waals surface area contributed by atoms with E-state index < -0.39 is 0 Å². The van der Waals surface area contributed by atoms with Crippen molar-refractivity contribution < 1.29 is 14.6 Å². The average Bonchev–Trinajstić information content (AvgIpc) is 3.14. The van der Waals surface area contributed by atoms with Gasteiger partial charge in [0.25, 0.3) is 0 Å². The van der Waals surface area contributed by atoms with Crippen LogP contribution >= 0.6 is 0 Å².